The first kappa shape index (κ1) is 24.5. The molecule has 0 aliphatic heterocycles. The molecule has 2 aromatic carbocycles. The molecule has 0 aliphatic rings. The quantitative estimate of drug-likeness (QED) is 0.255. The highest BCUT2D eigenvalue weighted by atomic mass is 35.5. The van der Waals surface area contributed by atoms with Crippen LogP contribution in [0.5, 0.6) is 0 Å². The van der Waals surface area contributed by atoms with Gasteiger partial charge in [0.05, 0.1) is 0 Å². The fourth-order valence-corrected chi connectivity index (χ4v) is 4.22. The predicted molar refractivity (Wildman–Crippen MR) is 138 cm³/mol. The molecule has 182 valence electrons. The van der Waals surface area contributed by atoms with E-state index in [0.717, 1.165) is 30.4 Å². The van der Waals surface area contributed by atoms with Gasteiger partial charge in [-0.3, -0.25) is 18.7 Å². The van der Waals surface area contributed by atoms with Crippen LogP contribution in [-0.2, 0) is 13.1 Å². The Bertz CT molecular complexity index is 1420. The van der Waals surface area contributed by atoms with Gasteiger partial charge in [0.25, 0.3) is 11.5 Å². The van der Waals surface area contributed by atoms with E-state index in [1.165, 1.54) is 9.13 Å². The Morgan fingerprint density at radius 1 is 0.943 bits per heavy atom. The Morgan fingerprint density at radius 2 is 1.63 bits per heavy atom. The minimum Gasteiger partial charge on any atom is -0.352 e. The van der Waals surface area contributed by atoms with E-state index < -0.39 is 11.2 Å². The minimum absolute atomic E-state index is 0.0732. The van der Waals surface area contributed by atoms with Crippen molar-refractivity contribution < 1.29 is 4.79 Å². The van der Waals surface area contributed by atoms with Crippen LogP contribution in [-0.4, -0.2) is 31.6 Å². The van der Waals surface area contributed by atoms with Gasteiger partial charge in [0.15, 0.2) is 11.2 Å². The molecule has 35 heavy (non-hydrogen) atoms. The summed E-state index contributed by atoms with van der Waals surface area (Å²) in [5, 5.41) is 2.93. The number of benzene rings is 2. The van der Waals surface area contributed by atoms with E-state index in [0.29, 0.717) is 25.1 Å². The largest absolute Gasteiger partial charge is 0.352 e. The van der Waals surface area contributed by atoms with Crippen molar-refractivity contribution in [3.8, 4) is 11.1 Å². The molecule has 2 N–H and O–H groups in total. The van der Waals surface area contributed by atoms with Crippen LogP contribution in [0, 0.1) is 0 Å². The third-order valence-electron chi connectivity index (χ3n) is 5.92. The smallest absolute Gasteiger partial charge is 0.332 e. The van der Waals surface area contributed by atoms with Crippen molar-refractivity contribution in [1.82, 2.24) is 24.4 Å². The van der Waals surface area contributed by atoms with Gasteiger partial charge in [-0.1, -0.05) is 62.2 Å². The lowest BCUT2D eigenvalue weighted by Crippen LogP contribution is -2.41. The molecule has 2 heterocycles. The number of aromatic amines is 1. The van der Waals surface area contributed by atoms with Gasteiger partial charge in [-0.05, 0) is 47.7 Å². The highest BCUT2D eigenvalue weighted by Crippen LogP contribution is 2.19. The third kappa shape index (κ3) is 5.54. The molecule has 0 unspecified atom stereocenters. The lowest BCUT2D eigenvalue weighted by atomic mass is 10.0. The second kappa shape index (κ2) is 11.2. The number of nitrogens with one attached hydrogen (secondary N) is 2. The fourth-order valence-electron chi connectivity index (χ4n) is 4.04. The zero-order chi connectivity index (χ0) is 24.8. The SMILES string of the molecule is CCCCCn1c(=O)n(CCCNC(=O)c2ccc(-c3ccccc3)cc2)c(=O)c2[nH]c(Cl)nc21. The standard InChI is InChI=1S/C26H28ClN5O3/c1-2-3-7-16-31-22-21(29-25(27)30-22)24(34)32(26(31)35)17-8-15-28-23(33)20-13-11-19(12-14-20)18-9-5-4-6-10-18/h4-6,9-14H,2-3,7-8,15-17H2,1H3,(H,28,33)(H,29,30). The van der Waals surface area contributed by atoms with Crippen LogP contribution < -0.4 is 16.6 Å². The Morgan fingerprint density at radius 3 is 2.34 bits per heavy atom. The van der Waals surface area contributed by atoms with E-state index >= 15 is 0 Å². The average molecular weight is 494 g/mol. The van der Waals surface area contributed by atoms with Gasteiger partial charge >= 0.3 is 5.69 Å². The van der Waals surface area contributed by atoms with Crippen molar-refractivity contribution in [2.24, 2.45) is 0 Å². The van der Waals surface area contributed by atoms with Crippen LogP contribution in [0.3, 0.4) is 0 Å². The van der Waals surface area contributed by atoms with Gasteiger partial charge in [-0.15, -0.1) is 0 Å². The third-order valence-corrected chi connectivity index (χ3v) is 6.09. The second-order valence-corrected chi connectivity index (χ2v) is 8.74. The number of unbranched alkanes of at least 4 members (excludes halogenated alkanes) is 2. The number of nitrogens with zero attached hydrogens (tertiary/aromatic N) is 3. The maximum atomic E-state index is 13.0. The topological polar surface area (TPSA) is 102 Å². The highest BCUT2D eigenvalue weighted by molar-refractivity contribution is 6.29. The highest BCUT2D eigenvalue weighted by Gasteiger charge is 2.16. The molecule has 0 radical (unpaired) electrons. The lowest BCUT2D eigenvalue weighted by molar-refractivity contribution is 0.0952. The van der Waals surface area contributed by atoms with Crippen LogP contribution in [0.1, 0.15) is 43.0 Å². The normalized spacial score (nSPS) is 11.1. The molecule has 0 atom stereocenters. The van der Waals surface area contributed by atoms with Crippen molar-refractivity contribution in [1.29, 1.82) is 0 Å². The second-order valence-electron chi connectivity index (χ2n) is 8.38. The summed E-state index contributed by atoms with van der Waals surface area (Å²) < 4.78 is 2.69. The molecular weight excluding hydrogens is 466 g/mol. The number of halogens is 1. The Balaban J connectivity index is 1.41. The van der Waals surface area contributed by atoms with E-state index in [1.54, 1.807) is 12.1 Å². The Labute approximate surface area is 207 Å². The minimum atomic E-state index is -0.459. The molecule has 9 heteroatoms. The summed E-state index contributed by atoms with van der Waals surface area (Å²) in [6.45, 7) is 3.03. The van der Waals surface area contributed by atoms with E-state index in [-0.39, 0.29) is 28.9 Å². The molecule has 8 nitrogen and oxygen atoms in total. The monoisotopic (exact) mass is 493 g/mol. The van der Waals surface area contributed by atoms with Crippen molar-refractivity contribution in [3.63, 3.8) is 0 Å². The number of rotatable bonds is 10. The van der Waals surface area contributed by atoms with E-state index in [9.17, 15) is 14.4 Å². The molecule has 0 fully saturated rings. The zero-order valence-corrected chi connectivity index (χ0v) is 20.3. The maximum Gasteiger partial charge on any atom is 0.332 e. The molecule has 4 rings (SSSR count). The number of imidazole rings is 1. The van der Waals surface area contributed by atoms with Crippen molar-refractivity contribution in [2.75, 3.05) is 6.54 Å². The summed E-state index contributed by atoms with van der Waals surface area (Å²) in [5.74, 6) is -0.204. The molecule has 4 aromatic rings. The number of hydrogen-bond acceptors (Lipinski definition) is 4. The first-order chi connectivity index (χ1) is 17.0. The number of fused-ring (bicyclic) bond motifs is 1. The molecule has 2 aromatic heterocycles. The van der Waals surface area contributed by atoms with Gasteiger partial charge in [0.1, 0.15) is 0 Å². The molecule has 1 amide bonds. The summed E-state index contributed by atoms with van der Waals surface area (Å²) in [7, 11) is 0. The summed E-state index contributed by atoms with van der Waals surface area (Å²) in [5.41, 5.74) is 2.29. The van der Waals surface area contributed by atoms with Crippen molar-refractivity contribution in [2.45, 2.75) is 45.7 Å². The Kier molecular flexibility index (Phi) is 7.82. The van der Waals surface area contributed by atoms with Crippen molar-refractivity contribution in [3.05, 3.63) is 86.3 Å². The van der Waals surface area contributed by atoms with Crippen LogP contribution >= 0.6 is 11.6 Å². The molecule has 0 spiro atoms. The summed E-state index contributed by atoms with van der Waals surface area (Å²) in [6.07, 6.45) is 3.19. The predicted octanol–water partition coefficient (Wildman–Crippen LogP) is 4.22. The van der Waals surface area contributed by atoms with Crippen LogP contribution in [0.25, 0.3) is 22.3 Å². The Hall–Kier alpha value is -3.65. The molecule has 0 saturated carbocycles. The molecule has 0 bridgehead atoms. The van der Waals surface area contributed by atoms with Gasteiger partial charge in [-0.25, -0.2) is 4.79 Å². The summed E-state index contributed by atoms with van der Waals surface area (Å²) in [6, 6.07) is 17.3. The molecular formula is C26H28ClN5O3. The van der Waals surface area contributed by atoms with Crippen LogP contribution in [0.2, 0.25) is 5.28 Å². The number of hydrogen-bond donors (Lipinski definition) is 2. The maximum absolute atomic E-state index is 13.0. The molecule has 0 aliphatic carbocycles. The van der Waals surface area contributed by atoms with Gasteiger partial charge in [0.2, 0.25) is 5.28 Å². The fraction of sp³-hybridized carbons (Fsp3) is 0.308. The van der Waals surface area contributed by atoms with Crippen LogP contribution in [0.4, 0.5) is 0 Å². The number of amides is 1. The first-order valence-corrected chi connectivity index (χ1v) is 12.2. The lowest BCUT2D eigenvalue weighted by Gasteiger charge is -2.11. The van der Waals surface area contributed by atoms with Gasteiger partial charge in [-0.2, -0.15) is 4.98 Å². The molecule has 0 saturated heterocycles. The number of carbonyl (C=O) groups is 1. The van der Waals surface area contributed by atoms with Crippen LogP contribution in [0.15, 0.2) is 64.2 Å². The summed E-state index contributed by atoms with van der Waals surface area (Å²) in [4.78, 5) is 45.4. The van der Waals surface area contributed by atoms with Crippen molar-refractivity contribution >= 4 is 28.7 Å². The number of carbonyl (C=O) groups excluding carboxylic acids is 1. The average Bonchev–Trinajstić information content (AvgIpc) is 3.27. The number of aryl methyl sites for hydroxylation is 1. The number of aromatic nitrogens is 4. The first-order valence-electron chi connectivity index (χ1n) is 11.8. The van der Waals surface area contributed by atoms with Gasteiger partial charge in [0, 0.05) is 25.2 Å². The zero-order valence-electron chi connectivity index (χ0n) is 19.6. The van der Waals surface area contributed by atoms with E-state index in [2.05, 4.69) is 22.2 Å². The van der Waals surface area contributed by atoms with E-state index in [1.807, 2.05) is 42.5 Å². The van der Waals surface area contributed by atoms with E-state index in [4.69, 9.17) is 11.6 Å². The summed E-state index contributed by atoms with van der Waals surface area (Å²) >= 11 is 5.98. The van der Waals surface area contributed by atoms with Gasteiger partial charge < -0.3 is 10.3 Å². The number of H-pyrrole nitrogens is 1.